The third-order valence-corrected chi connectivity index (χ3v) is 4.36. The second-order valence-electron chi connectivity index (χ2n) is 5.01. The minimum Gasteiger partial charge on any atom is -0.396 e. The van der Waals surface area contributed by atoms with Gasteiger partial charge in [-0.05, 0) is 24.3 Å². The molecule has 20 heavy (non-hydrogen) atoms. The molecule has 0 aromatic carbocycles. The molecule has 0 bridgehead atoms. The van der Waals surface area contributed by atoms with E-state index >= 15 is 0 Å². The topological polar surface area (TPSA) is 69.6 Å². The summed E-state index contributed by atoms with van der Waals surface area (Å²) < 4.78 is 0. The van der Waals surface area contributed by atoms with Gasteiger partial charge in [-0.15, -0.1) is 11.3 Å². The van der Waals surface area contributed by atoms with Crippen LogP contribution in [0.25, 0.3) is 0 Å². The Morgan fingerprint density at radius 2 is 2.35 bits per heavy atom. The number of thiophene rings is 1. The number of hydrogen-bond donors (Lipinski definition) is 2. The first kappa shape index (κ1) is 15.0. The molecule has 2 amide bonds. The van der Waals surface area contributed by atoms with Crippen molar-refractivity contribution in [2.75, 3.05) is 26.2 Å². The van der Waals surface area contributed by atoms with Gasteiger partial charge in [0.25, 0.3) is 5.91 Å². The predicted molar refractivity (Wildman–Crippen MR) is 77.7 cm³/mol. The van der Waals surface area contributed by atoms with Crippen molar-refractivity contribution in [3.63, 3.8) is 0 Å². The summed E-state index contributed by atoms with van der Waals surface area (Å²) >= 11 is 1.41. The van der Waals surface area contributed by atoms with Crippen LogP contribution in [-0.4, -0.2) is 48.1 Å². The summed E-state index contributed by atoms with van der Waals surface area (Å²) in [6.45, 7) is 2.07. The van der Waals surface area contributed by atoms with Gasteiger partial charge in [0, 0.05) is 38.6 Å². The van der Waals surface area contributed by atoms with Crippen LogP contribution >= 0.6 is 11.3 Å². The zero-order valence-corrected chi connectivity index (χ0v) is 12.2. The number of amides is 2. The Hall–Kier alpha value is -1.40. The summed E-state index contributed by atoms with van der Waals surface area (Å²) in [7, 11) is 0. The van der Waals surface area contributed by atoms with E-state index in [4.69, 9.17) is 5.11 Å². The molecule has 0 spiro atoms. The van der Waals surface area contributed by atoms with Crippen molar-refractivity contribution in [3.05, 3.63) is 22.4 Å². The maximum Gasteiger partial charge on any atom is 0.261 e. The molecule has 2 N–H and O–H groups in total. The molecular formula is C14H20N2O3S. The maximum atomic E-state index is 11.9. The number of nitrogens with zero attached hydrogens (tertiary/aromatic N) is 1. The summed E-state index contributed by atoms with van der Waals surface area (Å²) in [5, 5.41) is 13.7. The van der Waals surface area contributed by atoms with Gasteiger partial charge in [-0.1, -0.05) is 6.07 Å². The van der Waals surface area contributed by atoms with Gasteiger partial charge in [0.05, 0.1) is 4.88 Å². The van der Waals surface area contributed by atoms with E-state index in [0.717, 1.165) is 13.0 Å². The molecule has 6 heteroatoms. The number of aliphatic hydroxyl groups excluding tert-OH is 1. The lowest BCUT2D eigenvalue weighted by atomic mass is 10.1. The van der Waals surface area contributed by atoms with Crippen LogP contribution in [0.2, 0.25) is 0 Å². The fourth-order valence-electron chi connectivity index (χ4n) is 2.30. The van der Waals surface area contributed by atoms with Gasteiger partial charge in [0.1, 0.15) is 0 Å². The summed E-state index contributed by atoms with van der Waals surface area (Å²) in [5.41, 5.74) is 0. The van der Waals surface area contributed by atoms with E-state index in [1.54, 1.807) is 6.07 Å². The number of nitrogens with one attached hydrogen (secondary N) is 1. The zero-order chi connectivity index (χ0) is 14.4. The number of hydrogen-bond acceptors (Lipinski definition) is 4. The highest BCUT2D eigenvalue weighted by Crippen LogP contribution is 2.16. The van der Waals surface area contributed by atoms with E-state index in [1.807, 2.05) is 16.3 Å². The van der Waals surface area contributed by atoms with Gasteiger partial charge in [0.2, 0.25) is 5.91 Å². The van der Waals surface area contributed by atoms with Crippen LogP contribution in [0.4, 0.5) is 0 Å². The number of aliphatic hydroxyl groups is 1. The summed E-state index contributed by atoms with van der Waals surface area (Å²) in [5.74, 6) is 0.276. The number of carbonyl (C=O) groups is 2. The molecule has 1 fully saturated rings. The molecule has 1 aromatic heterocycles. The number of rotatable bonds is 6. The first-order chi connectivity index (χ1) is 9.70. The van der Waals surface area contributed by atoms with Crippen molar-refractivity contribution in [1.82, 2.24) is 10.2 Å². The second kappa shape index (κ2) is 7.40. The molecule has 1 aromatic rings. The quantitative estimate of drug-likeness (QED) is 0.772. The molecule has 2 rings (SSSR count). The van der Waals surface area contributed by atoms with Gasteiger partial charge in [-0.3, -0.25) is 9.59 Å². The first-order valence-electron chi connectivity index (χ1n) is 6.91. The Morgan fingerprint density at radius 1 is 1.50 bits per heavy atom. The summed E-state index contributed by atoms with van der Waals surface area (Å²) in [6.07, 6.45) is 1.98. The normalized spacial score (nSPS) is 18.2. The lowest BCUT2D eigenvalue weighted by Gasteiger charge is -2.16. The van der Waals surface area contributed by atoms with Gasteiger partial charge in [0.15, 0.2) is 0 Å². The Morgan fingerprint density at radius 3 is 3.00 bits per heavy atom. The Bertz CT molecular complexity index is 447. The molecule has 0 saturated carbocycles. The van der Waals surface area contributed by atoms with E-state index in [9.17, 15) is 9.59 Å². The third kappa shape index (κ3) is 4.05. The molecule has 0 aliphatic carbocycles. The standard InChI is InChI=1S/C14H20N2O3S/c17-10-11-5-7-16(9-11)13(18)4-1-6-15-14(19)12-3-2-8-20-12/h2-3,8,11,17H,1,4-7,9-10H2,(H,15,19). The van der Waals surface area contributed by atoms with Crippen molar-refractivity contribution in [3.8, 4) is 0 Å². The molecule has 1 aliphatic heterocycles. The van der Waals surface area contributed by atoms with Crippen LogP contribution in [-0.2, 0) is 4.79 Å². The minimum atomic E-state index is -0.0750. The van der Waals surface area contributed by atoms with Crippen LogP contribution in [0.15, 0.2) is 17.5 Å². The first-order valence-corrected chi connectivity index (χ1v) is 7.79. The van der Waals surface area contributed by atoms with Crippen LogP contribution in [0, 0.1) is 5.92 Å². The molecule has 5 nitrogen and oxygen atoms in total. The summed E-state index contributed by atoms with van der Waals surface area (Å²) in [4.78, 5) is 26.1. The largest absolute Gasteiger partial charge is 0.396 e. The van der Waals surface area contributed by atoms with Gasteiger partial charge >= 0.3 is 0 Å². The Labute approximate surface area is 122 Å². The monoisotopic (exact) mass is 296 g/mol. The fraction of sp³-hybridized carbons (Fsp3) is 0.571. The summed E-state index contributed by atoms with van der Waals surface area (Å²) in [6, 6.07) is 3.62. The third-order valence-electron chi connectivity index (χ3n) is 3.49. The molecular weight excluding hydrogens is 276 g/mol. The van der Waals surface area contributed by atoms with Crippen molar-refractivity contribution >= 4 is 23.2 Å². The SMILES string of the molecule is O=C(NCCCC(=O)N1CCC(CO)C1)c1cccs1. The van der Waals surface area contributed by atoms with Crippen LogP contribution in [0.3, 0.4) is 0 Å². The van der Waals surface area contributed by atoms with Crippen LogP contribution in [0.1, 0.15) is 28.9 Å². The number of likely N-dealkylation sites (tertiary alicyclic amines) is 1. The maximum absolute atomic E-state index is 11.9. The average molecular weight is 296 g/mol. The van der Waals surface area contributed by atoms with E-state index in [-0.39, 0.29) is 24.3 Å². The lowest BCUT2D eigenvalue weighted by molar-refractivity contribution is -0.130. The molecule has 1 aliphatic rings. The molecule has 1 unspecified atom stereocenters. The van der Waals surface area contributed by atoms with Gasteiger partial charge < -0.3 is 15.3 Å². The second-order valence-corrected chi connectivity index (χ2v) is 5.96. The van der Waals surface area contributed by atoms with Crippen molar-refractivity contribution < 1.29 is 14.7 Å². The molecule has 110 valence electrons. The van der Waals surface area contributed by atoms with Crippen LogP contribution < -0.4 is 5.32 Å². The highest BCUT2D eigenvalue weighted by Gasteiger charge is 2.24. The zero-order valence-electron chi connectivity index (χ0n) is 11.4. The Kier molecular flexibility index (Phi) is 5.55. The molecule has 1 saturated heterocycles. The van der Waals surface area contributed by atoms with E-state index < -0.39 is 0 Å². The molecule has 1 atom stereocenters. The fourth-order valence-corrected chi connectivity index (χ4v) is 2.94. The molecule has 2 heterocycles. The smallest absolute Gasteiger partial charge is 0.261 e. The van der Waals surface area contributed by atoms with Crippen LogP contribution in [0.5, 0.6) is 0 Å². The van der Waals surface area contributed by atoms with E-state index in [1.165, 1.54) is 11.3 Å². The van der Waals surface area contributed by atoms with E-state index in [0.29, 0.717) is 30.8 Å². The van der Waals surface area contributed by atoms with Crippen molar-refractivity contribution in [2.45, 2.75) is 19.3 Å². The lowest BCUT2D eigenvalue weighted by Crippen LogP contribution is -2.30. The highest BCUT2D eigenvalue weighted by molar-refractivity contribution is 7.12. The Balaban J connectivity index is 1.61. The van der Waals surface area contributed by atoms with E-state index in [2.05, 4.69) is 5.32 Å². The van der Waals surface area contributed by atoms with Gasteiger partial charge in [-0.25, -0.2) is 0 Å². The highest BCUT2D eigenvalue weighted by atomic mass is 32.1. The molecule has 0 radical (unpaired) electrons. The van der Waals surface area contributed by atoms with Crippen molar-refractivity contribution in [2.24, 2.45) is 5.92 Å². The number of carbonyl (C=O) groups excluding carboxylic acids is 2. The van der Waals surface area contributed by atoms with Gasteiger partial charge in [-0.2, -0.15) is 0 Å². The van der Waals surface area contributed by atoms with Crippen molar-refractivity contribution in [1.29, 1.82) is 0 Å². The predicted octanol–water partition coefficient (Wildman–Crippen LogP) is 1.10. The minimum absolute atomic E-state index is 0.0750. The average Bonchev–Trinajstić information content (AvgIpc) is 3.13.